The molecule has 33 heavy (non-hydrogen) atoms. The van der Waals surface area contributed by atoms with Gasteiger partial charge in [0, 0.05) is 43.2 Å². The van der Waals surface area contributed by atoms with Crippen LogP contribution in [-0.4, -0.2) is 57.5 Å². The summed E-state index contributed by atoms with van der Waals surface area (Å²) in [5.41, 5.74) is 0.614. The van der Waals surface area contributed by atoms with Gasteiger partial charge in [0.25, 0.3) is 0 Å². The molecule has 0 aliphatic heterocycles. The molecule has 1 N–H and O–H groups in total. The second-order valence-corrected chi connectivity index (χ2v) is 8.07. The highest BCUT2D eigenvalue weighted by Gasteiger charge is 2.49. The van der Waals surface area contributed by atoms with E-state index in [1.165, 1.54) is 20.3 Å². The number of carboxylic acid groups (broad SMARTS) is 1. The van der Waals surface area contributed by atoms with E-state index in [0.29, 0.717) is 16.6 Å². The van der Waals surface area contributed by atoms with E-state index in [-0.39, 0.29) is 29.8 Å². The predicted octanol–water partition coefficient (Wildman–Crippen LogP) is 4.91. The lowest BCUT2D eigenvalue weighted by atomic mass is 9.77. The summed E-state index contributed by atoms with van der Waals surface area (Å²) in [6.45, 7) is 0. The second-order valence-electron chi connectivity index (χ2n) is 7.29. The molecular formula is C19H20Cl2F4N4O4. The maximum atomic E-state index is 12.7. The smallest absolute Gasteiger partial charge is 0.306 e. The third kappa shape index (κ3) is 8.11. The summed E-state index contributed by atoms with van der Waals surface area (Å²) >= 11 is 11.1. The minimum atomic E-state index is -2.71. The van der Waals surface area contributed by atoms with Crippen LogP contribution in [0.3, 0.4) is 0 Å². The lowest BCUT2D eigenvalue weighted by Crippen LogP contribution is -2.39. The summed E-state index contributed by atoms with van der Waals surface area (Å²) in [5.74, 6) is -6.67. The molecule has 0 saturated heterocycles. The first-order valence-corrected chi connectivity index (χ1v) is 10.2. The minimum Gasteiger partial charge on any atom is -0.481 e. The quantitative estimate of drug-likeness (QED) is 0.573. The van der Waals surface area contributed by atoms with Gasteiger partial charge in [-0.3, -0.25) is 4.79 Å². The van der Waals surface area contributed by atoms with Crippen molar-refractivity contribution in [2.75, 3.05) is 14.2 Å². The van der Waals surface area contributed by atoms with E-state index in [9.17, 15) is 22.4 Å². The third-order valence-electron chi connectivity index (χ3n) is 4.74. The Hall–Kier alpha value is -2.47. The van der Waals surface area contributed by atoms with Crippen LogP contribution in [0.25, 0.3) is 0 Å². The molecule has 2 heterocycles. The lowest BCUT2D eigenvalue weighted by molar-refractivity contribution is -0.165. The van der Waals surface area contributed by atoms with E-state index in [2.05, 4.69) is 20.4 Å². The SMILES string of the molecule is COc1ccc(Cl)nn1.COc1nnc(Cl)cc1C1CC(F)(F)C1.O=C(O)C1CC(F)(F)C1. The Morgan fingerprint density at radius 1 is 0.939 bits per heavy atom. The number of rotatable bonds is 4. The highest BCUT2D eigenvalue weighted by Crippen LogP contribution is 2.50. The zero-order valence-electron chi connectivity index (χ0n) is 17.4. The van der Waals surface area contributed by atoms with Crippen molar-refractivity contribution in [3.05, 3.63) is 34.1 Å². The standard InChI is InChI=1S/C9H9ClF2N2O.C5H5ClN2O.C5H6F2O2/c1-15-8-6(2-7(10)13-14-8)5-3-9(11,12)4-5;1-9-5-3-2-4(6)7-8-5;6-5(7)1-3(2-5)4(8)9/h2,5H,3-4H2,1H3;2-3H,1H3;3H,1-2H2,(H,8,9). The topological polar surface area (TPSA) is 107 Å². The zero-order chi connectivity index (χ0) is 24.8. The molecule has 0 atom stereocenters. The van der Waals surface area contributed by atoms with Crippen LogP contribution in [0.15, 0.2) is 18.2 Å². The van der Waals surface area contributed by atoms with E-state index in [1.807, 2.05) is 0 Å². The maximum absolute atomic E-state index is 12.7. The van der Waals surface area contributed by atoms with Crippen LogP contribution in [0, 0.1) is 5.92 Å². The third-order valence-corrected chi connectivity index (χ3v) is 5.12. The van der Waals surface area contributed by atoms with Crippen molar-refractivity contribution in [2.24, 2.45) is 5.92 Å². The summed E-state index contributed by atoms with van der Waals surface area (Å²) in [6.07, 6.45) is -1.32. The van der Waals surface area contributed by atoms with Crippen LogP contribution in [0.5, 0.6) is 11.8 Å². The van der Waals surface area contributed by atoms with Gasteiger partial charge in [-0.05, 0) is 12.1 Å². The summed E-state index contributed by atoms with van der Waals surface area (Å²) < 4.78 is 58.9. The molecule has 2 aliphatic carbocycles. The molecule has 0 unspecified atom stereocenters. The van der Waals surface area contributed by atoms with Gasteiger partial charge >= 0.3 is 5.97 Å². The number of aliphatic carboxylic acids is 1. The normalized spacial score (nSPS) is 18.3. The molecule has 2 aromatic rings. The van der Waals surface area contributed by atoms with Crippen LogP contribution in [0.4, 0.5) is 17.6 Å². The van der Waals surface area contributed by atoms with Gasteiger partial charge < -0.3 is 14.6 Å². The van der Waals surface area contributed by atoms with Crippen molar-refractivity contribution in [3.8, 4) is 11.8 Å². The molecule has 182 valence electrons. The highest BCUT2D eigenvalue weighted by atomic mass is 35.5. The van der Waals surface area contributed by atoms with Gasteiger partial charge in [-0.15, -0.1) is 20.4 Å². The molecule has 14 heteroatoms. The Bertz CT molecular complexity index is 938. The predicted molar refractivity (Wildman–Crippen MR) is 109 cm³/mol. The number of hydrogen-bond donors (Lipinski definition) is 1. The van der Waals surface area contributed by atoms with Crippen LogP contribution in [0.1, 0.15) is 37.2 Å². The van der Waals surface area contributed by atoms with Crippen LogP contribution in [0.2, 0.25) is 10.3 Å². The number of halogens is 6. The fourth-order valence-electron chi connectivity index (χ4n) is 2.95. The van der Waals surface area contributed by atoms with Gasteiger partial charge in [0.1, 0.15) is 0 Å². The molecule has 2 saturated carbocycles. The summed E-state index contributed by atoms with van der Waals surface area (Å²) in [5, 5.41) is 23.1. The fraction of sp³-hybridized carbons (Fsp3) is 0.526. The lowest BCUT2D eigenvalue weighted by Gasteiger charge is -2.35. The van der Waals surface area contributed by atoms with Gasteiger partial charge in [0.15, 0.2) is 10.3 Å². The average molecular weight is 515 g/mol. The number of aromatic nitrogens is 4. The first kappa shape index (κ1) is 26.8. The van der Waals surface area contributed by atoms with Crippen LogP contribution < -0.4 is 9.47 Å². The molecule has 0 aromatic carbocycles. The number of alkyl halides is 4. The Morgan fingerprint density at radius 3 is 1.91 bits per heavy atom. The van der Waals surface area contributed by atoms with Crippen molar-refractivity contribution in [3.63, 3.8) is 0 Å². The Balaban J connectivity index is 0.000000186. The van der Waals surface area contributed by atoms with Crippen molar-refractivity contribution < 1.29 is 36.9 Å². The van der Waals surface area contributed by atoms with Crippen LogP contribution in [-0.2, 0) is 4.79 Å². The fourth-order valence-corrected chi connectivity index (χ4v) is 3.21. The first-order chi connectivity index (χ1) is 15.4. The van der Waals surface area contributed by atoms with Crippen molar-refractivity contribution in [1.82, 2.24) is 20.4 Å². The number of methoxy groups -OCH3 is 2. The summed E-state index contributed by atoms with van der Waals surface area (Å²) in [4.78, 5) is 9.94. The molecule has 2 aromatic heterocycles. The summed E-state index contributed by atoms with van der Waals surface area (Å²) in [7, 11) is 2.95. The Kier molecular flexibility index (Phi) is 9.01. The largest absolute Gasteiger partial charge is 0.481 e. The Labute approximate surface area is 196 Å². The zero-order valence-corrected chi connectivity index (χ0v) is 19.0. The molecule has 2 fully saturated rings. The number of ether oxygens (including phenoxy) is 2. The van der Waals surface area contributed by atoms with Gasteiger partial charge in [-0.2, -0.15) is 0 Å². The van der Waals surface area contributed by atoms with Gasteiger partial charge in [0.05, 0.1) is 20.1 Å². The van der Waals surface area contributed by atoms with Gasteiger partial charge in [-0.25, -0.2) is 17.6 Å². The van der Waals surface area contributed by atoms with Gasteiger partial charge in [0.2, 0.25) is 23.6 Å². The molecule has 2 aliphatic rings. The first-order valence-electron chi connectivity index (χ1n) is 9.44. The average Bonchev–Trinajstić information content (AvgIpc) is 2.71. The number of nitrogens with zero attached hydrogens (tertiary/aromatic N) is 4. The molecule has 8 nitrogen and oxygen atoms in total. The number of hydrogen-bond acceptors (Lipinski definition) is 7. The molecule has 0 spiro atoms. The van der Waals surface area contributed by atoms with Crippen LogP contribution >= 0.6 is 23.2 Å². The van der Waals surface area contributed by atoms with E-state index in [1.54, 1.807) is 12.1 Å². The van der Waals surface area contributed by atoms with E-state index < -0.39 is 36.6 Å². The Morgan fingerprint density at radius 2 is 1.52 bits per heavy atom. The summed E-state index contributed by atoms with van der Waals surface area (Å²) in [6, 6.07) is 4.80. The molecule has 4 rings (SSSR count). The maximum Gasteiger partial charge on any atom is 0.306 e. The van der Waals surface area contributed by atoms with Gasteiger partial charge in [-0.1, -0.05) is 23.2 Å². The monoisotopic (exact) mass is 514 g/mol. The molecular weight excluding hydrogens is 495 g/mol. The van der Waals surface area contributed by atoms with Crippen molar-refractivity contribution >= 4 is 29.2 Å². The van der Waals surface area contributed by atoms with Crippen molar-refractivity contribution in [1.29, 1.82) is 0 Å². The molecule has 0 radical (unpaired) electrons. The molecule has 0 amide bonds. The number of carboxylic acids is 1. The van der Waals surface area contributed by atoms with E-state index in [0.717, 1.165) is 0 Å². The minimum absolute atomic E-state index is 0.175. The highest BCUT2D eigenvalue weighted by molar-refractivity contribution is 6.29. The second kappa shape index (κ2) is 11.1. The van der Waals surface area contributed by atoms with Crippen molar-refractivity contribution in [2.45, 2.75) is 43.4 Å². The number of carbonyl (C=O) groups is 1. The van der Waals surface area contributed by atoms with E-state index in [4.69, 9.17) is 37.8 Å². The molecule has 0 bridgehead atoms. The van der Waals surface area contributed by atoms with E-state index >= 15 is 0 Å².